The monoisotopic (exact) mass is 1090 g/mol. The molecule has 69 heavy (non-hydrogen) atoms. The number of fused-ring (bicyclic) bond motifs is 4. The number of pyridine rings is 1. The van der Waals surface area contributed by atoms with Crippen LogP contribution in [0.15, 0.2) is 176 Å². The number of ether oxygens (including phenoxy) is 1. The Morgan fingerprint density at radius 3 is 1.96 bits per heavy atom. The van der Waals surface area contributed by atoms with E-state index in [1.807, 2.05) is 125 Å². The molecule has 344 valence electrons. The molecule has 0 spiro atoms. The van der Waals surface area contributed by atoms with Gasteiger partial charge in [-0.15, -0.1) is 53.6 Å². The molecule has 2 aromatic heterocycles. The molecule has 10 aromatic rings. The number of halogens is 1. The van der Waals surface area contributed by atoms with Crippen molar-refractivity contribution in [3.63, 3.8) is 0 Å². The van der Waals surface area contributed by atoms with E-state index >= 15 is 4.39 Å². The molecule has 0 atom stereocenters. The summed E-state index contributed by atoms with van der Waals surface area (Å²) in [5.41, 5.74) is 9.33. The molecule has 0 radical (unpaired) electrons. The molecule has 0 saturated heterocycles. The number of anilines is 4. The van der Waals surface area contributed by atoms with Gasteiger partial charge in [0.2, 0.25) is 0 Å². The van der Waals surface area contributed by atoms with Gasteiger partial charge in [-0.2, -0.15) is 6.07 Å². The Hall–Kier alpha value is -7.27. The zero-order chi connectivity index (χ0) is 51.6. The van der Waals surface area contributed by atoms with Gasteiger partial charge in [0.05, 0.1) is 0 Å². The molecule has 7 heteroatoms. The molecule has 8 aromatic carbocycles. The number of aryl methyl sites for hydroxylation is 2. The first-order valence-electron chi connectivity index (χ1n) is 25.9. The number of benzene rings is 8. The van der Waals surface area contributed by atoms with E-state index in [1.165, 1.54) is 6.07 Å². The minimum Gasteiger partial charge on any atom is -0.509 e. The molecule has 1 aliphatic rings. The number of hydrogen-bond donors (Lipinski definition) is 0. The molecule has 0 amide bonds. The Labute approximate surface area is 427 Å². The summed E-state index contributed by atoms with van der Waals surface area (Å²) in [7, 11) is 0. The van der Waals surface area contributed by atoms with E-state index in [0.29, 0.717) is 39.5 Å². The van der Waals surface area contributed by atoms with Crippen molar-refractivity contribution in [1.82, 2.24) is 9.55 Å². The number of aromatic nitrogens is 2. The zero-order valence-corrected chi connectivity index (χ0v) is 40.6. The van der Waals surface area contributed by atoms with Gasteiger partial charge in [0, 0.05) is 75.1 Å². The third-order valence-electron chi connectivity index (χ3n) is 12.7. The maximum Gasteiger partial charge on any atom is 0.135 e. The van der Waals surface area contributed by atoms with Crippen molar-refractivity contribution < 1.29 is 38.4 Å². The number of hydrogen-bond acceptors (Lipinski definition) is 4. The summed E-state index contributed by atoms with van der Waals surface area (Å²) in [5.74, 6) is 0.992. The average Bonchev–Trinajstić information content (AvgIpc) is 3.96. The fourth-order valence-electron chi connectivity index (χ4n) is 9.56. The standard InChI is InChI=1S/C62H50FN4O.Pt/c1-39(2)53-34-45(50-20-10-12-22-55(50)63)35-54(40(3)4)62(53)66-38-65(57-24-14-15-25-58(57)66)47-32-46(61-41(5)30-44(31-42(61)6)43-18-8-7-9-19-43)33-49(36-47)68-48-27-28-52-51-21-11-13-23-56(51)67(59(52)37-48)60-26-16-17-29-64-60;/h7-35,38-40H,1-6H3;/q-3;/i5D3,6D3;. The van der Waals surface area contributed by atoms with E-state index in [-0.39, 0.29) is 61.2 Å². The van der Waals surface area contributed by atoms with Crippen LogP contribution in [0.25, 0.3) is 61.0 Å². The first-order valence-corrected chi connectivity index (χ1v) is 22.9. The minimum atomic E-state index is -2.74. The Balaban J connectivity index is 0.00000641. The van der Waals surface area contributed by atoms with E-state index in [2.05, 4.69) is 62.9 Å². The molecule has 0 N–H and O–H groups in total. The van der Waals surface area contributed by atoms with Crippen molar-refractivity contribution >= 4 is 44.6 Å². The largest absolute Gasteiger partial charge is 0.509 e. The van der Waals surface area contributed by atoms with Gasteiger partial charge < -0.3 is 19.1 Å². The second-order valence-corrected chi connectivity index (χ2v) is 17.8. The second-order valence-electron chi connectivity index (χ2n) is 17.8. The summed E-state index contributed by atoms with van der Waals surface area (Å²) < 4.78 is 78.1. The van der Waals surface area contributed by atoms with Crippen LogP contribution < -0.4 is 14.5 Å². The molecule has 0 fully saturated rings. The van der Waals surface area contributed by atoms with Crippen molar-refractivity contribution in [3.05, 3.63) is 223 Å². The molecule has 5 nitrogen and oxygen atoms in total. The Bertz CT molecular complexity index is 3700. The predicted molar refractivity (Wildman–Crippen MR) is 278 cm³/mol. The first kappa shape index (κ1) is 38.7. The van der Waals surface area contributed by atoms with Crippen molar-refractivity contribution in [2.75, 3.05) is 9.80 Å². The van der Waals surface area contributed by atoms with Crippen LogP contribution in [0.4, 0.5) is 27.1 Å². The zero-order valence-electron chi connectivity index (χ0n) is 44.4. The summed E-state index contributed by atoms with van der Waals surface area (Å²) in [4.78, 5) is 8.82. The molecular formula is C62H50FN4OPt-3. The van der Waals surface area contributed by atoms with Crippen LogP contribution in [-0.4, -0.2) is 9.55 Å². The molecule has 0 aliphatic carbocycles. The van der Waals surface area contributed by atoms with Gasteiger partial charge in [-0.1, -0.05) is 130 Å². The normalized spacial score (nSPS) is 14.0. The van der Waals surface area contributed by atoms with Crippen LogP contribution in [-0.2, 0) is 21.1 Å². The van der Waals surface area contributed by atoms with E-state index in [0.717, 1.165) is 55.6 Å². The van der Waals surface area contributed by atoms with Crippen molar-refractivity contribution in [2.45, 2.75) is 53.2 Å². The third-order valence-corrected chi connectivity index (χ3v) is 12.7. The predicted octanol–water partition coefficient (Wildman–Crippen LogP) is 17.0. The molecule has 1 aliphatic heterocycles. The maximum atomic E-state index is 15.5. The van der Waals surface area contributed by atoms with Gasteiger partial charge in [-0.25, -0.2) is 9.37 Å². The van der Waals surface area contributed by atoms with Crippen molar-refractivity contribution in [2.24, 2.45) is 0 Å². The number of nitrogens with zero attached hydrogens (tertiary/aromatic N) is 4. The summed E-state index contributed by atoms with van der Waals surface area (Å²) in [6.45, 7) is 5.03. The average molecular weight is 1090 g/mol. The van der Waals surface area contributed by atoms with Crippen LogP contribution in [0.3, 0.4) is 0 Å². The Morgan fingerprint density at radius 1 is 0.594 bits per heavy atom. The van der Waals surface area contributed by atoms with Gasteiger partial charge in [0.1, 0.15) is 11.6 Å². The van der Waals surface area contributed by atoms with Crippen LogP contribution >= 0.6 is 0 Å². The molecule has 0 saturated carbocycles. The van der Waals surface area contributed by atoms with Gasteiger partial charge in [-0.05, 0) is 124 Å². The van der Waals surface area contributed by atoms with Crippen molar-refractivity contribution in [3.8, 4) is 50.7 Å². The Kier molecular flexibility index (Phi) is 10.5. The number of rotatable bonds is 10. The SMILES string of the molecule is [2H]C([2H])([2H])c1cc(-c2ccccc2)cc(C([2H])([2H])[2H])c1-c1cc(Oc2[c-]c3c(cc2)c2ccccc2n3-c2ccccn2)[c-]c(N2[CH-]N(c3c(C(C)C)cc(-c4ccccc4F)cc3C(C)C)c3ccccc32)c1.[Pt]. The maximum absolute atomic E-state index is 15.5. The van der Waals surface area contributed by atoms with Gasteiger partial charge in [0.25, 0.3) is 0 Å². The summed E-state index contributed by atoms with van der Waals surface area (Å²) in [5, 5.41) is 1.95. The smallest absolute Gasteiger partial charge is 0.135 e. The van der Waals surface area contributed by atoms with Crippen LogP contribution in [0.1, 0.15) is 70.0 Å². The molecule has 11 rings (SSSR count). The van der Waals surface area contributed by atoms with E-state index in [1.54, 1.807) is 42.6 Å². The first-order chi connectivity index (χ1) is 35.5. The van der Waals surface area contributed by atoms with E-state index < -0.39 is 13.7 Å². The fourth-order valence-corrected chi connectivity index (χ4v) is 9.56. The van der Waals surface area contributed by atoms with Gasteiger partial charge in [-0.3, -0.25) is 0 Å². The molecule has 0 unspecified atom stereocenters. The van der Waals surface area contributed by atoms with E-state index in [9.17, 15) is 0 Å². The van der Waals surface area contributed by atoms with Crippen LogP contribution in [0.2, 0.25) is 0 Å². The van der Waals surface area contributed by atoms with Crippen LogP contribution in [0, 0.1) is 38.3 Å². The fraction of sp³-hybridized carbons (Fsp3) is 0.129. The molecule has 0 bridgehead atoms. The second kappa shape index (κ2) is 18.7. The Morgan fingerprint density at radius 2 is 1.26 bits per heavy atom. The topological polar surface area (TPSA) is 33.5 Å². The van der Waals surface area contributed by atoms with Gasteiger partial charge >= 0.3 is 0 Å². The summed E-state index contributed by atoms with van der Waals surface area (Å²) in [6, 6.07) is 59.4. The van der Waals surface area contributed by atoms with Gasteiger partial charge in [0.15, 0.2) is 0 Å². The van der Waals surface area contributed by atoms with E-state index in [4.69, 9.17) is 17.9 Å². The third kappa shape index (κ3) is 8.31. The summed E-state index contributed by atoms with van der Waals surface area (Å²) in [6.07, 6.45) is 1.74. The minimum absolute atomic E-state index is 0. The quantitative estimate of drug-likeness (QED) is 0.128. The molecular weight excluding hydrogens is 1030 g/mol. The van der Waals surface area contributed by atoms with Crippen LogP contribution in [0.5, 0.6) is 11.5 Å². The van der Waals surface area contributed by atoms with Crippen molar-refractivity contribution in [1.29, 1.82) is 0 Å². The number of para-hydroxylation sites is 3. The summed E-state index contributed by atoms with van der Waals surface area (Å²) >= 11 is 0. The molecule has 3 heterocycles.